The zero-order valence-electron chi connectivity index (χ0n) is 12.4. The van der Waals surface area contributed by atoms with Crippen molar-refractivity contribution >= 4 is 12.4 Å². The average molecular weight is 289 g/mol. The van der Waals surface area contributed by atoms with Gasteiger partial charge in [-0.2, -0.15) is 0 Å². The highest BCUT2D eigenvalue weighted by Gasteiger charge is 2.15. The van der Waals surface area contributed by atoms with Gasteiger partial charge >= 0.3 is 6.09 Å². The second-order valence-corrected chi connectivity index (χ2v) is 5.37. The molecule has 1 amide bonds. The van der Waals surface area contributed by atoms with Gasteiger partial charge in [-0.15, -0.1) is 0 Å². The number of hydrogen-bond donors (Lipinski definition) is 2. The molecule has 0 radical (unpaired) electrons. The van der Waals surface area contributed by atoms with E-state index < -0.39 is 11.7 Å². The number of aromatic hydroxyl groups is 1. The fourth-order valence-electron chi connectivity index (χ4n) is 1.43. The number of rotatable bonds is 3. The lowest BCUT2D eigenvalue weighted by molar-refractivity contribution is 0.0529. The Bertz CT molecular complexity index is 576. The number of amides is 1. The Balaban J connectivity index is 2.47. The normalized spacial score (nSPS) is 10.2. The van der Waals surface area contributed by atoms with Gasteiger partial charge in [-0.1, -0.05) is 11.8 Å². The van der Waals surface area contributed by atoms with Crippen LogP contribution in [0.2, 0.25) is 0 Å². The number of aldehydes is 1. The molecule has 0 aliphatic carbocycles. The van der Waals surface area contributed by atoms with Gasteiger partial charge in [0.25, 0.3) is 0 Å². The molecule has 0 fully saturated rings. The van der Waals surface area contributed by atoms with E-state index in [4.69, 9.17) is 4.74 Å². The van der Waals surface area contributed by atoms with Crippen LogP contribution in [0.3, 0.4) is 0 Å². The summed E-state index contributed by atoms with van der Waals surface area (Å²) in [5, 5.41) is 12.2. The number of carbonyl (C=O) groups excluding carboxylic acids is 2. The molecule has 5 heteroatoms. The fraction of sp³-hybridized carbons (Fsp3) is 0.375. The van der Waals surface area contributed by atoms with E-state index in [9.17, 15) is 14.7 Å². The van der Waals surface area contributed by atoms with Crippen LogP contribution >= 0.6 is 0 Å². The summed E-state index contributed by atoms with van der Waals surface area (Å²) in [5.41, 5.74) is 0.303. The molecule has 0 aliphatic heterocycles. The number of ether oxygens (including phenoxy) is 1. The molecular weight excluding hydrogens is 270 g/mol. The van der Waals surface area contributed by atoms with Crippen molar-refractivity contribution in [3.63, 3.8) is 0 Å². The minimum absolute atomic E-state index is 0.0215. The highest BCUT2D eigenvalue weighted by Crippen LogP contribution is 2.16. The molecule has 1 aromatic carbocycles. The van der Waals surface area contributed by atoms with Crippen molar-refractivity contribution in [2.24, 2.45) is 0 Å². The molecule has 1 aromatic rings. The van der Waals surface area contributed by atoms with Crippen LogP contribution in [0, 0.1) is 11.8 Å². The first-order chi connectivity index (χ1) is 9.81. The topological polar surface area (TPSA) is 75.6 Å². The lowest BCUT2D eigenvalue weighted by Gasteiger charge is -2.19. The molecule has 112 valence electrons. The van der Waals surface area contributed by atoms with Crippen LogP contribution in [0.4, 0.5) is 4.79 Å². The van der Waals surface area contributed by atoms with Crippen molar-refractivity contribution in [3.8, 4) is 17.6 Å². The number of carbonyl (C=O) groups is 2. The van der Waals surface area contributed by atoms with Gasteiger partial charge in [0.2, 0.25) is 0 Å². The van der Waals surface area contributed by atoms with Gasteiger partial charge < -0.3 is 15.2 Å². The summed E-state index contributed by atoms with van der Waals surface area (Å²) in [4.78, 5) is 22.0. The van der Waals surface area contributed by atoms with Gasteiger partial charge in [0, 0.05) is 18.5 Å². The maximum atomic E-state index is 11.4. The van der Waals surface area contributed by atoms with Crippen molar-refractivity contribution in [2.75, 3.05) is 6.54 Å². The minimum Gasteiger partial charge on any atom is -0.507 e. The molecule has 0 aromatic heterocycles. The quantitative estimate of drug-likeness (QED) is 0.509. The summed E-state index contributed by atoms with van der Waals surface area (Å²) in [6.07, 6.45) is 0.605. The van der Waals surface area contributed by atoms with Gasteiger partial charge in [0.1, 0.15) is 17.6 Å². The molecule has 1 rings (SSSR count). The number of alkyl carbamates (subject to hydrolysis) is 1. The van der Waals surface area contributed by atoms with Crippen LogP contribution < -0.4 is 5.32 Å². The Kier molecular flexibility index (Phi) is 5.79. The first-order valence-corrected chi connectivity index (χ1v) is 6.56. The van der Waals surface area contributed by atoms with Crippen LogP contribution in [0.5, 0.6) is 5.75 Å². The van der Waals surface area contributed by atoms with E-state index in [1.807, 2.05) is 0 Å². The average Bonchev–Trinajstić information content (AvgIpc) is 2.38. The third-order valence-corrected chi connectivity index (χ3v) is 2.30. The Morgan fingerprint density at radius 1 is 1.43 bits per heavy atom. The van der Waals surface area contributed by atoms with E-state index in [1.54, 1.807) is 20.8 Å². The van der Waals surface area contributed by atoms with Crippen molar-refractivity contribution in [3.05, 3.63) is 29.3 Å². The van der Waals surface area contributed by atoms with Gasteiger partial charge in [0.15, 0.2) is 0 Å². The summed E-state index contributed by atoms with van der Waals surface area (Å²) in [7, 11) is 0. The predicted octanol–water partition coefficient (Wildman–Crippen LogP) is 2.47. The third kappa shape index (κ3) is 6.48. The van der Waals surface area contributed by atoms with Gasteiger partial charge in [0.05, 0.1) is 5.56 Å². The van der Waals surface area contributed by atoms with E-state index in [2.05, 4.69) is 17.2 Å². The zero-order valence-corrected chi connectivity index (χ0v) is 12.4. The molecule has 0 bridgehead atoms. The molecule has 0 saturated heterocycles. The molecule has 0 saturated carbocycles. The number of phenolic OH excluding ortho intramolecular Hbond substituents is 1. The van der Waals surface area contributed by atoms with Crippen LogP contribution in [-0.4, -0.2) is 29.6 Å². The molecule has 0 heterocycles. The standard InChI is InChI=1S/C16H19NO4/c1-16(2,3)21-15(20)17-9-5-4-6-13-10-12(11-18)7-8-14(13)19/h7-8,10-11,19H,5,9H2,1-3H3,(H,17,20). The molecule has 2 N–H and O–H groups in total. The fourth-order valence-corrected chi connectivity index (χ4v) is 1.43. The molecule has 0 spiro atoms. The zero-order chi connectivity index (χ0) is 15.9. The van der Waals surface area contributed by atoms with Crippen LogP contribution in [-0.2, 0) is 4.74 Å². The SMILES string of the molecule is CC(C)(C)OC(=O)NCCC#Cc1cc(C=O)ccc1O. The van der Waals surface area contributed by atoms with Crippen molar-refractivity contribution < 1.29 is 19.4 Å². The Morgan fingerprint density at radius 2 is 2.14 bits per heavy atom. The minimum atomic E-state index is -0.531. The molecular formula is C16H19NO4. The van der Waals surface area contributed by atoms with Crippen molar-refractivity contribution in [1.82, 2.24) is 5.32 Å². The van der Waals surface area contributed by atoms with E-state index in [0.717, 1.165) is 0 Å². The van der Waals surface area contributed by atoms with E-state index in [-0.39, 0.29) is 5.75 Å². The van der Waals surface area contributed by atoms with Crippen LogP contribution in [0.15, 0.2) is 18.2 Å². The highest BCUT2D eigenvalue weighted by atomic mass is 16.6. The molecule has 5 nitrogen and oxygen atoms in total. The maximum Gasteiger partial charge on any atom is 0.407 e. The highest BCUT2D eigenvalue weighted by molar-refractivity contribution is 5.76. The summed E-state index contributed by atoms with van der Waals surface area (Å²) < 4.78 is 5.07. The first kappa shape index (κ1) is 16.6. The first-order valence-electron chi connectivity index (χ1n) is 6.56. The third-order valence-electron chi connectivity index (χ3n) is 2.30. The molecule has 0 atom stereocenters. The molecule has 0 aliphatic rings. The van der Waals surface area contributed by atoms with Crippen LogP contribution in [0.25, 0.3) is 0 Å². The van der Waals surface area contributed by atoms with Gasteiger partial charge in [-0.3, -0.25) is 4.79 Å². The summed E-state index contributed by atoms with van der Waals surface area (Å²) >= 11 is 0. The second-order valence-electron chi connectivity index (χ2n) is 5.37. The van der Waals surface area contributed by atoms with Crippen molar-refractivity contribution in [1.29, 1.82) is 0 Å². The largest absolute Gasteiger partial charge is 0.507 e. The Morgan fingerprint density at radius 3 is 2.76 bits per heavy atom. The van der Waals surface area contributed by atoms with E-state index in [0.29, 0.717) is 30.4 Å². The van der Waals surface area contributed by atoms with E-state index >= 15 is 0 Å². The maximum absolute atomic E-state index is 11.4. The second kappa shape index (κ2) is 7.34. The summed E-state index contributed by atoms with van der Waals surface area (Å²) in [6.45, 7) is 5.70. The lowest BCUT2D eigenvalue weighted by Crippen LogP contribution is -2.32. The van der Waals surface area contributed by atoms with Crippen LogP contribution in [0.1, 0.15) is 43.1 Å². The lowest BCUT2D eigenvalue weighted by atomic mass is 10.1. The number of nitrogens with one attached hydrogen (secondary N) is 1. The smallest absolute Gasteiger partial charge is 0.407 e. The van der Waals surface area contributed by atoms with Gasteiger partial charge in [-0.25, -0.2) is 4.79 Å². The number of phenols is 1. The Hall–Kier alpha value is -2.48. The van der Waals surface area contributed by atoms with Gasteiger partial charge in [-0.05, 0) is 39.0 Å². The summed E-state index contributed by atoms with van der Waals surface area (Å²) in [6, 6.07) is 4.45. The number of hydrogen-bond acceptors (Lipinski definition) is 4. The Labute approximate surface area is 124 Å². The molecule has 21 heavy (non-hydrogen) atoms. The summed E-state index contributed by atoms with van der Waals surface area (Å²) in [5.74, 6) is 5.60. The van der Waals surface area contributed by atoms with E-state index in [1.165, 1.54) is 18.2 Å². The number of benzene rings is 1. The van der Waals surface area contributed by atoms with Crippen molar-refractivity contribution in [2.45, 2.75) is 32.8 Å². The monoisotopic (exact) mass is 289 g/mol. The predicted molar refractivity (Wildman–Crippen MR) is 79.2 cm³/mol. The molecule has 0 unspecified atom stereocenters.